The highest BCUT2D eigenvalue weighted by Gasteiger charge is 2.46. The fraction of sp³-hybridized carbons (Fsp3) is 0.531. The third-order valence-corrected chi connectivity index (χ3v) is 9.32. The molecule has 3 aromatic rings. The fourth-order valence-corrected chi connectivity index (χ4v) is 6.94. The van der Waals surface area contributed by atoms with Gasteiger partial charge in [-0.2, -0.15) is 5.10 Å². The number of fused-ring (bicyclic) bond motifs is 4. The first-order valence-electron chi connectivity index (χ1n) is 15.2. The predicted molar refractivity (Wildman–Crippen MR) is 171 cm³/mol. The smallest absolute Gasteiger partial charge is 0.412 e. The van der Waals surface area contributed by atoms with Crippen molar-refractivity contribution in [1.29, 1.82) is 0 Å². The second kappa shape index (κ2) is 11.6. The van der Waals surface area contributed by atoms with Crippen LogP contribution in [0.3, 0.4) is 0 Å². The van der Waals surface area contributed by atoms with Crippen LogP contribution in [0.4, 0.5) is 16.3 Å². The highest BCUT2D eigenvalue weighted by atomic mass is 32.2. The molecule has 0 fully saturated rings. The molecule has 2 aromatic heterocycles. The first-order valence-corrected chi connectivity index (χ1v) is 16.4. The van der Waals surface area contributed by atoms with Crippen LogP contribution in [0.5, 0.6) is 0 Å². The van der Waals surface area contributed by atoms with Crippen LogP contribution in [0.1, 0.15) is 78.8 Å². The number of nitrogens with zero attached hydrogens (tertiary/aromatic N) is 7. The Morgan fingerprint density at radius 2 is 1.93 bits per heavy atom. The van der Waals surface area contributed by atoms with Crippen LogP contribution in [0, 0.1) is 0 Å². The highest BCUT2D eigenvalue weighted by Crippen LogP contribution is 2.47. The summed E-state index contributed by atoms with van der Waals surface area (Å²) in [5.41, 5.74) is 4.29. The van der Waals surface area contributed by atoms with E-state index in [-0.39, 0.29) is 18.6 Å². The summed E-state index contributed by atoms with van der Waals surface area (Å²) in [6, 6.07) is 7.65. The van der Waals surface area contributed by atoms with Crippen molar-refractivity contribution < 1.29 is 24.2 Å². The maximum absolute atomic E-state index is 12.6. The molecule has 1 N–H and O–H groups in total. The Bertz CT molecular complexity index is 1650. The Morgan fingerprint density at radius 1 is 1.16 bits per heavy atom. The molecular formula is C32H41N7O5S. The van der Waals surface area contributed by atoms with Gasteiger partial charge in [0.25, 0.3) is 5.91 Å². The molecule has 1 aromatic carbocycles. The number of aromatic nitrogens is 4. The molecule has 5 heterocycles. The quantitative estimate of drug-likeness (QED) is 0.314. The number of carbonyl (C=O) groups excluding carboxylic acids is 1. The Balaban J connectivity index is 1.38. The van der Waals surface area contributed by atoms with E-state index >= 15 is 0 Å². The maximum Gasteiger partial charge on any atom is 0.412 e. The molecular weight excluding hydrogens is 594 g/mol. The second-order valence-electron chi connectivity index (χ2n) is 13.2. The number of amides is 2. The molecule has 3 aliphatic rings. The molecule has 6 rings (SSSR count). The van der Waals surface area contributed by atoms with Gasteiger partial charge in [0, 0.05) is 50.4 Å². The molecule has 1 spiro atoms. The van der Waals surface area contributed by atoms with E-state index in [2.05, 4.69) is 10.00 Å². The van der Waals surface area contributed by atoms with Crippen molar-refractivity contribution in [2.45, 2.75) is 82.6 Å². The van der Waals surface area contributed by atoms with E-state index in [9.17, 15) is 14.7 Å². The van der Waals surface area contributed by atoms with Crippen molar-refractivity contribution in [3.05, 3.63) is 58.0 Å². The maximum atomic E-state index is 12.6. The van der Waals surface area contributed by atoms with Gasteiger partial charge in [0.1, 0.15) is 11.4 Å². The third kappa shape index (κ3) is 5.66. The van der Waals surface area contributed by atoms with Gasteiger partial charge in [-0.3, -0.25) is 14.4 Å². The fourth-order valence-electron chi connectivity index (χ4n) is 6.56. The minimum Gasteiger partial charge on any atom is -0.465 e. The summed E-state index contributed by atoms with van der Waals surface area (Å²) in [6.07, 6.45) is 2.11. The molecule has 2 amide bonds. The molecule has 0 bridgehead atoms. The van der Waals surface area contributed by atoms with E-state index in [1.165, 1.54) is 21.6 Å². The van der Waals surface area contributed by atoms with Gasteiger partial charge in [0.15, 0.2) is 10.9 Å². The number of hydrogen-bond acceptors (Lipinski definition) is 9. The Morgan fingerprint density at radius 3 is 2.62 bits per heavy atom. The van der Waals surface area contributed by atoms with Crippen LogP contribution >= 0.6 is 11.8 Å². The van der Waals surface area contributed by atoms with Crippen LogP contribution in [-0.4, -0.2) is 80.8 Å². The topological polar surface area (TPSA) is 126 Å². The SMILES string of the molecule is CSc1nc2c(c(N3CCCn4nc(C(=O)N(C)C)cc4C3)n1)CO[C@]1(CO[C@@H](C)c3ccc(N(C(=O)O)C(C)(C)C)cc31)C2. The van der Waals surface area contributed by atoms with E-state index in [1.54, 1.807) is 14.1 Å². The summed E-state index contributed by atoms with van der Waals surface area (Å²) in [7, 11) is 3.46. The molecule has 0 aliphatic carbocycles. The predicted octanol–water partition coefficient (Wildman–Crippen LogP) is 4.85. The minimum absolute atomic E-state index is 0.119. The number of aryl methyl sites for hydroxylation is 1. The highest BCUT2D eigenvalue weighted by molar-refractivity contribution is 7.98. The minimum atomic E-state index is -1.01. The summed E-state index contributed by atoms with van der Waals surface area (Å²) >= 11 is 1.49. The first kappa shape index (κ1) is 31.3. The van der Waals surface area contributed by atoms with Crippen molar-refractivity contribution in [2.24, 2.45) is 0 Å². The van der Waals surface area contributed by atoms with Gasteiger partial charge >= 0.3 is 6.09 Å². The van der Waals surface area contributed by atoms with Gasteiger partial charge < -0.3 is 24.4 Å². The number of rotatable bonds is 4. The lowest BCUT2D eigenvalue weighted by Crippen LogP contribution is -2.47. The standard InChI is InChI=1S/C32H41N7O5S/c1-19-22-10-9-20(39(30(41)42)31(2,3)4)13-24(22)32(18-43-19)15-26-23(17-44-32)27(34-29(33-26)45-7)37-11-8-12-38-21(16-37)14-25(35-38)28(40)36(5)6/h9-10,13-14,19H,8,11-12,15-18H2,1-7H3,(H,41,42)/t19-,32-/m0/s1. The molecule has 12 nitrogen and oxygen atoms in total. The number of thioether (sulfide) groups is 1. The van der Waals surface area contributed by atoms with E-state index in [0.717, 1.165) is 46.9 Å². The molecule has 0 saturated carbocycles. The zero-order valence-electron chi connectivity index (χ0n) is 27.0. The number of benzene rings is 1. The van der Waals surface area contributed by atoms with Crippen molar-refractivity contribution in [1.82, 2.24) is 24.6 Å². The molecule has 13 heteroatoms. The average molecular weight is 636 g/mol. The van der Waals surface area contributed by atoms with Crippen LogP contribution in [0.25, 0.3) is 0 Å². The lowest BCUT2D eigenvalue weighted by Gasteiger charge is -2.45. The second-order valence-corrected chi connectivity index (χ2v) is 13.9. The van der Waals surface area contributed by atoms with Crippen molar-refractivity contribution in [3.8, 4) is 0 Å². The van der Waals surface area contributed by atoms with Gasteiger partial charge in [-0.1, -0.05) is 17.8 Å². The monoisotopic (exact) mass is 635 g/mol. The molecule has 2 atom stereocenters. The molecule has 3 aliphatic heterocycles. The Kier molecular flexibility index (Phi) is 8.07. The average Bonchev–Trinajstić information content (AvgIpc) is 3.28. The largest absolute Gasteiger partial charge is 0.465 e. The van der Waals surface area contributed by atoms with Crippen LogP contribution in [0.15, 0.2) is 29.4 Å². The van der Waals surface area contributed by atoms with Gasteiger partial charge in [-0.15, -0.1) is 0 Å². The number of anilines is 2. The number of ether oxygens (including phenoxy) is 2. The molecule has 240 valence electrons. The summed E-state index contributed by atoms with van der Waals surface area (Å²) in [6.45, 7) is 10.3. The molecule has 0 unspecified atom stereocenters. The van der Waals surface area contributed by atoms with E-state index < -0.39 is 17.2 Å². The number of carbonyl (C=O) groups is 2. The summed E-state index contributed by atoms with van der Waals surface area (Å²) in [4.78, 5) is 40.1. The van der Waals surface area contributed by atoms with E-state index in [4.69, 9.17) is 19.4 Å². The van der Waals surface area contributed by atoms with Gasteiger partial charge in [0.05, 0.1) is 37.3 Å². The van der Waals surface area contributed by atoms with Gasteiger partial charge in [0.2, 0.25) is 0 Å². The van der Waals surface area contributed by atoms with Crippen LogP contribution in [-0.2, 0) is 41.2 Å². The molecule has 0 radical (unpaired) electrons. The zero-order chi connectivity index (χ0) is 32.3. The van der Waals surface area contributed by atoms with Crippen LogP contribution < -0.4 is 9.80 Å². The number of hydrogen-bond donors (Lipinski definition) is 1. The lowest BCUT2D eigenvalue weighted by molar-refractivity contribution is -0.148. The summed E-state index contributed by atoms with van der Waals surface area (Å²) in [5, 5.41) is 15.4. The number of carboxylic acid groups (broad SMARTS) is 1. The molecule has 0 saturated heterocycles. The first-order chi connectivity index (χ1) is 21.3. The van der Waals surface area contributed by atoms with E-state index in [1.807, 2.05) is 62.9 Å². The summed E-state index contributed by atoms with van der Waals surface area (Å²) in [5.74, 6) is 0.713. The normalized spacial score (nSPS) is 21.0. The Labute approximate surface area is 267 Å². The molecule has 45 heavy (non-hydrogen) atoms. The van der Waals surface area contributed by atoms with Gasteiger partial charge in [-0.25, -0.2) is 14.8 Å². The van der Waals surface area contributed by atoms with Crippen molar-refractivity contribution >= 4 is 35.3 Å². The van der Waals surface area contributed by atoms with Crippen molar-refractivity contribution in [3.63, 3.8) is 0 Å². The third-order valence-electron chi connectivity index (χ3n) is 8.77. The van der Waals surface area contributed by atoms with E-state index in [0.29, 0.717) is 42.7 Å². The lowest BCUT2D eigenvalue weighted by atomic mass is 9.80. The van der Waals surface area contributed by atoms with Gasteiger partial charge in [-0.05, 0) is 69.7 Å². The van der Waals surface area contributed by atoms with Crippen molar-refractivity contribution in [2.75, 3.05) is 43.3 Å². The Hall–Kier alpha value is -3.68. The summed E-state index contributed by atoms with van der Waals surface area (Å²) < 4.78 is 15.0. The van der Waals surface area contributed by atoms with Crippen LogP contribution in [0.2, 0.25) is 0 Å². The zero-order valence-corrected chi connectivity index (χ0v) is 27.8.